The Bertz CT molecular complexity index is 741. The van der Waals surface area contributed by atoms with Crippen LogP contribution in [0.1, 0.15) is 63.0 Å². The number of Topliss-reactive ketones (excluding diaryl/α,β-unsaturated/α-hetero) is 1. The Labute approximate surface area is 170 Å². The van der Waals surface area contributed by atoms with Gasteiger partial charge in [-0.05, 0) is 75.1 Å². The number of benzene rings is 1. The predicted molar refractivity (Wildman–Crippen MR) is 114 cm³/mol. The van der Waals surface area contributed by atoms with Crippen LogP contribution in [-0.4, -0.2) is 45.4 Å². The summed E-state index contributed by atoms with van der Waals surface area (Å²) in [7, 11) is -3.09. The van der Waals surface area contributed by atoms with Gasteiger partial charge in [0, 0.05) is 0 Å². The van der Waals surface area contributed by atoms with Crippen LogP contribution in [0.25, 0.3) is 0 Å². The molecule has 0 aromatic heterocycles. The lowest BCUT2D eigenvalue weighted by atomic mass is 10.0. The van der Waals surface area contributed by atoms with Gasteiger partial charge in [-0.3, -0.25) is 4.79 Å². The van der Waals surface area contributed by atoms with Crippen LogP contribution in [0.3, 0.4) is 0 Å². The third-order valence-corrected chi connectivity index (χ3v) is 7.06. The molecule has 1 saturated carbocycles. The number of nitrogens with one attached hydrogen (secondary N) is 1. The highest BCUT2D eigenvalue weighted by Gasteiger charge is 2.23. The molecule has 28 heavy (non-hydrogen) atoms. The number of rotatable bonds is 14. The highest BCUT2D eigenvalue weighted by atomic mass is 32.2. The highest BCUT2D eigenvalue weighted by molar-refractivity contribution is 7.91. The fourth-order valence-electron chi connectivity index (χ4n) is 3.14. The van der Waals surface area contributed by atoms with E-state index in [0.717, 1.165) is 42.9 Å². The van der Waals surface area contributed by atoms with Gasteiger partial charge in [-0.15, -0.1) is 0 Å². The molecular weight excluding hydrogens is 374 g/mol. The van der Waals surface area contributed by atoms with Gasteiger partial charge in [-0.1, -0.05) is 25.5 Å². The Morgan fingerprint density at radius 2 is 2.00 bits per heavy atom. The van der Waals surface area contributed by atoms with Gasteiger partial charge in [-0.2, -0.15) is 0 Å². The number of ether oxygens (including phenoxy) is 1. The summed E-state index contributed by atoms with van der Waals surface area (Å²) in [5, 5.41) is 3.06. The second kappa shape index (κ2) is 11.0. The lowest BCUT2D eigenvalue weighted by Gasteiger charge is -2.16. The second-order valence-electron chi connectivity index (χ2n) is 8.23. The molecule has 0 heterocycles. The summed E-state index contributed by atoms with van der Waals surface area (Å²) in [6.07, 6.45) is 4.90. The average Bonchev–Trinajstić information content (AvgIpc) is 3.43. The van der Waals surface area contributed by atoms with E-state index in [-0.39, 0.29) is 23.2 Å². The quantitative estimate of drug-likeness (QED) is 0.475. The SMILES string of the molecule is CC(=O)CNCCCCCS(=O)(=O)C[C@@H](C)c1ccc(C)c(OCC2CC2)c1. The van der Waals surface area contributed by atoms with Gasteiger partial charge in [0.25, 0.3) is 0 Å². The Morgan fingerprint density at radius 3 is 2.68 bits per heavy atom. The van der Waals surface area contributed by atoms with E-state index in [0.29, 0.717) is 18.9 Å². The molecule has 1 N–H and O–H groups in total. The van der Waals surface area contributed by atoms with Crippen LogP contribution in [0.15, 0.2) is 18.2 Å². The molecule has 1 aliphatic rings. The number of hydrogen-bond donors (Lipinski definition) is 1. The molecule has 0 unspecified atom stereocenters. The molecule has 6 heteroatoms. The van der Waals surface area contributed by atoms with Crippen LogP contribution in [0.2, 0.25) is 0 Å². The number of unbranched alkanes of at least 4 members (excludes halogenated alkanes) is 2. The van der Waals surface area contributed by atoms with Gasteiger partial charge >= 0.3 is 0 Å². The molecule has 0 aliphatic heterocycles. The van der Waals surface area contributed by atoms with Crippen molar-refractivity contribution >= 4 is 15.6 Å². The van der Waals surface area contributed by atoms with E-state index in [1.165, 1.54) is 12.8 Å². The van der Waals surface area contributed by atoms with E-state index in [1.807, 2.05) is 32.0 Å². The lowest BCUT2D eigenvalue weighted by molar-refractivity contribution is -0.116. The molecule has 2 rings (SSSR count). The summed E-state index contributed by atoms with van der Waals surface area (Å²) in [6, 6.07) is 6.05. The molecule has 158 valence electrons. The van der Waals surface area contributed by atoms with Gasteiger partial charge in [0.15, 0.2) is 9.84 Å². The zero-order chi connectivity index (χ0) is 20.6. The lowest BCUT2D eigenvalue weighted by Crippen LogP contribution is -2.22. The minimum absolute atomic E-state index is 0.0499. The smallest absolute Gasteiger partial charge is 0.150 e. The van der Waals surface area contributed by atoms with Gasteiger partial charge in [0.1, 0.15) is 11.5 Å². The van der Waals surface area contributed by atoms with Crippen molar-refractivity contribution in [3.63, 3.8) is 0 Å². The maximum atomic E-state index is 12.5. The van der Waals surface area contributed by atoms with Crippen LogP contribution in [-0.2, 0) is 14.6 Å². The van der Waals surface area contributed by atoms with E-state index in [1.54, 1.807) is 6.92 Å². The van der Waals surface area contributed by atoms with Crippen molar-refractivity contribution in [3.05, 3.63) is 29.3 Å². The van der Waals surface area contributed by atoms with E-state index in [2.05, 4.69) is 5.32 Å². The standard InChI is InChI=1S/C22H35NO4S/c1-17-7-10-21(13-22(17)27-15-20-8-9-20)18(2)16-28(25,26)12-6-4-5-11-23-14-19(3)24/h7,10,13,18,20,23H,4-6,8-9,11-12,14-16H2,1-3H3/t18-/m1/s1. The molecule has 1 aliphatic carbocycles. The van der Waals surface area contributed by atoms with E-state index in [9.17, 15) is 13.2 Å². The summed E-state index contributed by atoms with van der Waals surface area (Å²) in [5.41, 5.74) is 2.12. The summed E-state index contributed by atoms with van der Waals surface area (Å²) < 4.78 is 30.9. The Hall–Kier alpha value is -1.40. The number of sulfone groups is 1. The van der Waals surface area contributed by atoms with Crippen molar-refractivity contribution in [1.29, 1.82) is 0 Å². The number of hydrogen-bond acceptors (Lipinski definition) is 5. The zero-order valence-electron chi connectivity index (χ0n) is 17.5. The Balaban J connectivity index is 1.76. The van der Waals surface area contributed by atoms with Crippen molar-refractivity contribution in [1.82, 2.24) is 5.32 Å². The summed E-state index contributed by atoms with van der Waals surface area (Å²) in [4.78, 5) is 10.8. The van der Waals surface area contributed by atoms with Crippen LogP contribution >= 0.6 is 0 Å². The zero-order valence-corrected chi connectivity index (χ0v) is 18.3. The van der Waals surface area contributed by atoms with Crippen LogP contribution in [0, 0.1) is 12.8 Å². The fraction of sp³-hybridized carbons (Fsp3) is 0.682. The maximum absolute atomic E-state index is 12.5. The molecule has 1 aromatic carbocycles. The Morgan fingerprint density at radius 1 is 1.25 bits per heavy atom. The van der Waals surface area contributed by atoms with Gasteiger partial charge < -0.3 is 10.1 Å². The van der Waals surface area contributed by atoms with Crippen LogP contribution in [0.4, 0.5) is 0 Å². The van der Waals surface area contributed by atoms with Gasteiger partial charge in [0.05, 0.1) is 24.7 Å². The molecule has 0 amide bonds. The van der Waals surface area contributed by atoms with E-state index >= 15 is 0 Å². The molecule has 0 spiro atoms. The average molecular weight is 410 g/mol. The third-order valence-electron chi connectivity index (χ3n) is 5.14. The minimum atomic E-state index is -3.09. The minimum Gasteiger partial charge on any atom is -0.493 e. The fourth-order valence-corrected chi connectivity index (χ4v) is 4.91. The van der Waals surface area contributed by atoms with E-state index in [4.69, 9.17) is 4.74 Å². The molecule has 0 bridgehead atoms. The Kier molecular flexibility index (Phi) is 8.96. The first-order valence-electron chi connectivity index (χ1n) is 10.4. The topological polar surface area (TPSA) is 72.5 Å². The number of ketones is 1. The number of carbonyl (C=O) groups excluding carboxylic acids is 1. The van der Waals surface area contributed by atoms with Crippen LogP contribution < -0.4 is 10.1 Å². The molecule has 1 atom stereocenters. The monoisotopic (exact) mass is 409 g/mol. The first-order chi connectivity index (χ1) is 13.3. The molecule has 5 nitrogen and oxygen atoms in total. The molecular formula is C22H35NO4S. The van der Waals surface area contributed by atoms with Crippen molar-refractivity contribution in [2.45, 2.75) is 58.8 Å². The first-order valence-corrected chi connectivity index (χ1v) is 12.2. The van der Waals surface area contributed by atoms with E-state index < -0.39 is 9.84 Å². The first kappa shape index (κ1) is 22.9. The van der Waals surface area contributed by atoms with Gasteiger partial charge in [0.2, 0.25) is 0 Å². The maximum Gasteiger partial charge on any atom is 0.150 e. The molecule has 0 saturated heterocycles. The highest BCUT2D eigenvalue weighted by Crippen LogP contribution is 2.31. The normalized spacial score (nSPS) is 15.4. The third kappa shape index (κ3) is 8.74. The van der Waals surface area contributed by atoms with Crippen molar-refractivity contribution in [3.8, 4) is 5.75 Å². The van der Waals surface area contributed by atoms with Crippen molar-refractivity contribution < 1.29 is 17.9 Å². The number of aryl methyl sites for hydroxylation is 1. The van der Waals surface area contributed by atoms with Crippen molar-refractivity contribution in [2.24, 2.45) is 5.92 Å². The summed E-state index contributed by atoms with van der Waals surface area (Å²) in [6.45, 7) is 7.45. The summed E-state index contributed by atoms with van der Waals surface area (Å²) in [5.74, 6) is 2.03. The van der Waals surface area contributed by atoms with Crippen LogP contribution in [0.5, 0.6) is 5.75 Å². The molecule has 1 aromatic rings. The molecule has 1 fully saturated rings. The number of carbonyl (C=O) groups is 1. The summed E-state index contributed by atoms with van der Waals surface area (Å²) >= 11 is 0. The molecule has 0 radical (unpaired) electrons. The largest absolute Gasteiger partial charge is 0.493 e. The second-order valence-corrected chi connectivity index (χ2v) is 10.5. The van der Waals surface area contributed by atoms with Gasteiger partial charge in [-0.25, -0.2) is 8.42 Å². The van der Waals surface area contributed by atoms with Crippen molar-refractivity contribution in [2.75, 3.05) is 31.2 Å². The predicted octanol–water partition coefficient (Wildman–Crippen LogP) is 3.65.